The van der Waals surface area contributed by atoms with E-state index >= 15 is 0 Å². The fraction of sp³-hybridized carbons (Fsp3) is 0.400. The van der Waals surface area contributed by atoms with Crippen LogP contribution in [0.15, 0.2) is 30.6 Å². The Morgan fingerprint density at radius 3 is 2.74 bits per heavy atom. The highest BCUT2D eigenvalue weighted by molar-refractivity contribution is 6.04. The quantitative estimate of drug-likeness (QED) is 0.786. The van der Waals surface area contributed by atoms with Crippen LogP contribution in [0, 0.1) is 5.92 Å². The number of fused-ring (bicyclic) bond motifs is 1. The molecular formula is C15H17N3O. The van der Waals surface area contributed by atoms with E-state index in [1.807, 2.05) is 23.1 Å². The maximum absolute atomic E-state index is 12.6. The maximum atomic E-state index is 12.6. The normalized spacial score (nSPS) is 16.8. The average molecular weight is 255 g/mol. The lowest BCUT2D eigenvalue weighted by molar-refractivity contribution is 0.0699. The third-order valence-corrected chi connectivity index (χ3v) is 3.80. The summed E-state index contributed by atoms with van der Waals surface area (Å²) in [5.41, 5.74) is 2.15. The van der Waals surface area contributed by atoms with E-state index in [1.54, 1.807) is 12.4 Å². The largest absolute Gasteiger partial charge is 0.339 e. The van der Waals surface area contributed by atoms with Gasteiger partial charge >= 0.3 is 0 Å². The predicted molar refractivity (Wildman–Crippen MR) is 73.8 cm³/mol. The summed E-state index contributed by atoms with van der Waals surface area (Å²) in [4.78, 5) is 23.1. The van der Waals surface area contributed by atoms with Crippen LogP contribution >= 0.6 is 0 Å². The zero-order chi connectivity index (χ0) is 13.2. The predicted octanol–water partition coefficient (Wildman–Crippen LogP) is 2.50. The van der Waals surface area contributed by atoms with Crippen molar-refractivity contribution in [2.24, 2.45) is 5.92 Å². The molecular weight excluding hydrogens is 238 g/mol. The van der Waals surface area contributed by atoms with Gasteiger partial charge in [0.05, 0.1) is 11.1 Å². The number of hydrogen-bond donors (Lipinski definition) is 0. The van der Waals surface area contributed by atoms with E-state index in [4.69, 9.17) is 0 Å². The van der Waals surface area contributed by atoms with Gasteiger partial charge in [-0.15, -0.1) is 0 Å². The van der Waals surface area contributed by atoms with E-state index in [2.05, 4.69) is 16.9 Å². The molecule has 1 aliphatic rings. The topological polar surface area (TPSA) is 46.1 Å². The lowest BCUT2D eigenvalue weighted by Crippen LogP contribution is -2.38. The number of para-hydroxylation sites is 1. The van der Waals surface area contributed by atoms with Crippen LogP contribution in [-0.4, -0.2) is 33.9 Å². The number of aromatic nitrogens is 2. The maximum Gasteiger partial charge on any atom is 0.256 e. The van der Waals surface area contributed by atoms with Gasteiger partial charge in [0.25, 0.3) is 5.91 Å². The molecule has 0 saturated carbocycles. The van der Waals surface area contributed by atoms with E-state index in [0.29, 0.717) is 11.1 Å². The second-order valence-electron chi connectivity index (χ2n) is 5.20. The van der Waals surface area contributed by atoms with E-state index in [-0.39, 0.29) is 5.91 Å². The van der Waals surface area contributed by atoms with Gasteiger partial charge in [-0.05, 0) is 30.9 Å². The van der Waals surface area contributed by atoms with Crippen molar-refractivity contribution in [2.75, 3.05) is 13.1 Å². The molecule has 0 unspecified atom stereocenters. The summed E-state index contributed by atoms with van der Waals surface area (Å²) in [5.74, 6) is 0.800. The van der Waals surface area contributed by atoms with Crippen molar-refractivity contribution in [1.82, 2.24) is 14.9 Å². The van der Waals surface area contributed by atoms with E-state index in [0.717, 1.165) is 37.4 Å². The van der Waals surface area contributed by atoms with E-state index in [1.165, 1.54) is 0 Å². The fourth-order valence-electron chi connectivity index (χ4n) is 2.55. The second kappa shape index (κ2) is 4.96. The number of piperidine rings is 1. The minimum atomic E-state index is 0.0815. The first-order valence-electron chi connectivity index (χ1n) is 6.74. The van der Waals surface area contributed by atoms with E-state index in [9.17, 15) is 4.79 Å². The zero-order valence-electron chi connectivity index (χ0n) is 11.0. The summed E-state index contributed by atoms with van der Waals surface area (Å²) >= 11 is 0. The molecule has 4 nitrogen and oxygen atoms in total. The van der Waals surface area contributed by atoms with Gasteiger partial charge in [-0.3, -0.25) is 14.8 Å². The summed E-state index contributed by atoms with van der Waals surface area (Å²) < 4.78 is 0. The van der Waals surface area contributed by atoms with Crippen LogP contribution < -0.4 is 0 Å². The van der Waals surface area contributed by atoms with Crippen molar-refractivity contribution in [3.8, 4) is 0 Å². The lowest BCUT2D eigenvalue weighted by atomic mass is 9.98. The van der Waals surface area contributed by atoms with Gasteiger partial charge < -0.3 is 4.90 Å². The van der Waals surface area contributed by atoms with Crippen molar-refractivity contribution in [2.45, 2.75) is 19.8 Å². The molecule has 0 aliphatic carbocycles. The molecule has 19 heavy (non-hydrogen) atoms. The summed E-state index contributed by atoms with van der Waals surface area (Å²) in [6.45, 7) is 3.93. The number of hydrogen-bond acceptors (Lipinski definition) is 3. The summed E-state index contributed by atoms with van der Waals surface area (Å²) in [6, 6.07) is 5.60. The first kappa shape index (κ1) is 12.1. The third kappa shape index (κ3) is 2.30. The van der Waals surface area contributed by atoms with Gasteiger partial charge in [-0.1, -0.05) is 13.0 Å². The molecule has 1 saturated heterocycles. The van der Waals surface area contributed by atoms with Crippen molar-refractivity contribution in [1.29, 1.82) is 0 Å². The van der Waals surface area contributed by atoms with Crippen LogP contribution in [0.5, 0.6) is 0 Å². The number of carbonyl (C=O) groups is 1. The number of benzene rings is 1. The minimum Gasteiger partial charge on any atom is -0.339 e. The Morgan fingerprint density at radius 2 is 1.95 bits per heavy atom. The second-order valence-corrected chi connectivity index (χ2v) is 5.20. The van der Waals surface area contributed by atoms with Crippen LogP contribution in [0.25, 0.3) is 11.0 Å². The monoisotopic (exact) mass is 255 g/mol. The molecule has 1 fully saturated rings. The molecule has 4 heteroatoms. The average Bonchev–Trinajstić information content (AvgIpc) is 2.47. The van der Waals surface area contributed by atoms with Crippen molar-refractivity contribution < 1.29 is 4.79 Å². The van der Waals surface area contributed by atoms with Crippen LogP contribution in [0.3, 0.4) is 0 Å². The molecule has 1 amide bonds. The molecule has 0 bridgehead atoms. The molecule has 0 N–H and O–H groups in total. The standard InChI is InChI=1S/C15H17N3O/c1-11-5-9-18(10-6-11)15(19)12-3-2-4-13-14(12)17-8-7-16-13/h2-4,7-8,11H,5-6,9-10H2,1H3. The molecule has 2 heterocycles. The Labute approximate surface area is 112 Å². The fourth-order valence-corrected chi connectivity index (χ4v) is 2.55. The van der Waals surface area contributed by atoms with Gasteiger partial charge in [0.1, 0.15) is 5.52 Å². The number of carbonyl (C=O) groups excluding carboxylic acids is 1. The van der Waals surface area contributed by atoms with Gasteiger partial charge in [-0.25, -0.2) is 0 Å². The Balaban J connectivity index is 1.93. The lowest BCUT2D eigenvalue weighted by Gasteiger charge is -2.30. The highest BCUT2D eigenvalue weighted by Gasteiger charge is 2.23. The highest BCUT2D eigenvalue weighted by Crippen LogP contribution is 2.21. The molecule has 3 rings (SSSR count). The first-order valence-corrected chi connectivity index (χ1v) is 6.74. The molecule has 1 aliphatic heterocycles. The smallest absolute Gasteiger partial charge is 0.256 e. The highest BCUT2D eigenvalue weighted by atomic mass is 16.2. The van der Waals surface area contributed by atoms with Crippen molar-refractivity contribution in [3.05, 3.63) is 36.2 Å². The van der Waals surface area contributed by atoms with Gasteiger partial charge in [-0.2, -0.15) is 0 Å². The molecule has 0 atom stereocenters. The van der Waals surface area contributed by atoms with Gasteiger partial charge in [0.15, 0.2) is 0 Å². The summed E-state index contributed by atoms with van der Waals surface area (Å²) in [7, 11) is 0. The minimum absolute atomic E-state index is 0.0815. The molecule has 0 radical (unpaired) electrons. The number of rotatable bonds is 1. The zero-order valence-corrected chi connectivity index (χ0v) is 11.0. The van der Waals surface area contributed by atoms with Crippen LogP contribution in [-0.2, 0) is 0 Å². The van der Waals surface area contributed by atoms with Gasteiger partial charge in [0.2, 0.25) is 0 Å². The Hall–Kier alpha value is -1.97. The van der Waals surface area contributed by atoms with E-state index < -0.39 is 0 Å². The number of amides is 1. The van der Waals surface area contributed by atoms with Crippen LogP contribution in [0.2, 0.25) is 0 Å². The summed E-state index contributed by atoms with van der Waals surface area (Å²) in [6.07, 6.45) is 5.46. The molecule has 2 aromatic rings. The Kier molecular flexibility index (Phi) is 3.15. The third-order valence-electron chi connectivity index (χ3n) is 3.80. The Morgan fingerprint density at radius 1 is 1.21 bits per heavy atom. The molecule has 1 aromatic carbocycles. The molecule has 1 aromatic heterocycles. The van der Waals surface area contributed by atoms with Crippen molar-refractivity contribution >= 4 is 16.9 Å². The van der Waals surface area contributed by atoms with Crippen LogP contribution in [0.4, 0.5) is 0 Å². The molecule has 98 valence electrons. The number of nitrogens with zero attached hydrogens (tertiary/aromatic N) is 3. The van der Waals surface area contributed by atoms with Crippen molar-refractivity contribution in [3.63, 3.8) is 0 Å². The van der Waals surface area contributed by atoms with Crippen LogP contribution in [0.1, 0.15) is 30.1 Å². The Bertz CT molecular complexity index is 598. The summed E-state index contributed by atoms with van der Waals surface area (Å²) in [5, 5.41) is 0. The van der Waals surface area contributed by atoms with Gasteiger partial charge in [0, 0.05) is 25.5 Å². The SMILES string of the molecule is CC1CCN(C(=O)c2cccc3nccnc23)CC1. The molecule has 0 spiro atoms. The first-order chi connectivity index (χ1) is 9.25. The number of likely N-dealkylation sites (tertiary alicyclic amines) is 1.